The van der Waals surface area contributed by atoms with Crippen LogP contribution in [0.15, 0.2) is 85.0 Å². The van der Waals surface area contributed by atoms with E-state index in [2.05, 4.69) is 10.6 Å². The van der Waals surface area contributed by atoms with Gasteiger partial charge in [0.25, 0.3) is 0 Å². The summed E-state index contributed by atoms with van der Waals surface area (Å²) in [6.07, 6.45) is 1.09. The predicted molar refractivity (Wildman–Crippen MR) is 148 cm³/mol. The summed E-state index contributed by atoms with van der Waals surface area (Å²) in [7, 11) is 3.83. The summed E-state index contributed by atoms with van der Waals surface area (Å²) < 4.78 is 39.2. The van der Waals surface area contributed by atoms with E-state index in [-0.39, 0.29) is 24.2 Å². The van der Waals surface area contributed by atoms with Crippen LogP contribution in [0.5, 0.6) is 0 Å². The number of rotatable bonds is 6. The second kappa shape index (κ2) is 12.0. The van der Waals surface area contributed by atoms with Gasteiger partial charge in [0.05, 0.1) is 5.56 Å². The minimum atomic E-state index is -4.42. The van der Waals surface area contributed by atoms with Crippen LogP contribution in [0.4, 0.5) is 30.2 Å². The van der Waals surface area contributed by atoms with Gasteiger partial charge in [0.1, 0.15) is 0 Å². The minimum Gasteiger partial charge on any atom is -0.378 e. The fourth-order valence-corrected chi connectivity index (χ4v) is 4.08. The second-order valence-electron chi connectivity index (χ2n) is 8.82. The van der Waals surface area contributed by atoms with Crippen molar-refractivity contribution in [3.8, 4) is 0 Å². The molecule has 0 bridgehead atoms. The average Bonchev–Trinajstić information content (AvgIpc) is 2.86. The Morgan fingerprint density at radius 3 is 2.18 bits per heavy atom. The molecule has 1 heterocycles. The number of nitrogens with zero attached hydrogens (tertiary/aromatic N) is 1. The van der Waals surface area contributed by atoms with Gasteiger partial charge in [-0.25, -0.2) is 0 Å². The Balaban J connectivity index is 0.00000400. The molecule has 1 aliphatic heterocycles. The zero-order valence-corrected chi connectivity index (χ0v) is 21.6. The number of alkyl halides is 3. The van der Waals surface area contributed by atoms with Crippen LogP contribution in [-0.4, -0.2) is 25.9 Å². The van der Waals surface area contributed by atoms with Crippen LogP contribution in [-0.2, 0) is 22.2 Å². The van der Waals surface area contributed by atoms with E-state index < -0.39 is 11.7 Å². The van der Waals surface area contributed by atoms with E-state index in [0.29, 0.717) is 35.4 Å². The summed E-state index contributed by atoms with van der Waals surface area (Å²) in [6.45, 7) is 0. The van der Waals surface area contributed by atoms with E-state index in [9.17, 15) is 22.8 Å². The van der Waals surface area contributed by atoms with Crippen LogP contribution in [0.2, 0.25) is 0 Å². The van der Waals surface area contributed by atoms with Gasteiger partial charge in [0.15, 0.2) is 0 Å². The molecular formula is C29H27ClF3N3O2. The van der Waals surface area contributed by atoms with Crippen molar-refractivity contribution in [3.05, 3.63) is 107 Å². The molecule has 38 heavy (non-hydrogen) atoms. The molecule has 0 saturated carbocycles. The number of allylic oxidation sites excluding steroid dienone is 2. The van der Waals surface area contributed by atoms with E-state index in [1.165, 1.54) is 18.2 Å². The lowest BCUT2D eigenvalue weighted by Crippen LogP contribution is -2.21. The van der Waals surface area contributed by atoms with E-state index in [1.54, 1.807) is 30.4 Å². The van der Waals surface area contributed by atoms with Gasteiger partial charge in [0.2, 0.25) is 11.8 Å². The van der Waals surface area contributed by atoms with Crippen LogP contribution in [0, 0.1) is 0 Å². The standard InChI is InChI=1S/C29H26F3N3O2.ClH/c1-35(2)22-15-11-20(12-16-22)23(19-9-13-21(14-10-19)29(30,31)32)5-3-8-27(36)33-25-6-4-7-26-24(25)17-18-28(37)34-26;/h3-16H,17-18H2,1-2H3,(H,33,36)(H,34,37);1H/b8-3+,23-5+;. The van der Waals surface area contributed by atoms with Crippen molar-refractivity contribution < 1.29 is 22.8 Å². The Hall–Kier alpha value is -4.04. The zero-order chi connectivity index (χ0) is 26.6. The number of fused-ring (bicyclic) bond motifs is 1. The Morgan fingerprint density at radius 1 is 0.947 bits per heavy atom. The number of anilines is 3. The number of halogens is 4. The molecule has 9 heteroatoms. The first-order chi connectivity index (χ1) is 17.6. The molecule has 3 aromatic carbocycles. The fraction of sp³-hybridized carbons (Fsp3) is 0.172. The molecule has 0 aliphatic carbocycles. The lowest BCUT2D eigenvalue weighted by Gasteiger charge is -2.19. The first-order valence-corrected chi connectivity index (χ1v) is 11.7. The van der Waals surface area contributed by atoms with Crippen LogP contribution >= 0.6 is 12.4 Å². The molecule has 0 aromatic heterocycles. The highest BCUT2D eigenvalue weighted by Crippen LogP contribution is 2.32. The van der Waals surface area contributed by atoms with E-state index in [1.807, 2.05) is 43.3 Å². The third-order valence-electron chi connectivity index (χ3n) is 6.04. The number of hydrogen-bond donors (Lipinski definition) is 2. The van der Waals surface area contributed by atoms with Crippen molar-refractivity contribution >= 4 is 46.9 Å². The van der Waals surface area contributed by atoms with Gasteiger partial charge in [0, 0.05) is 43.7 Å². The number of nitrogens with one attached hydrogen (secondary N) is 2. The Bertz CT molecular complexity index is 1360. The van der Waals surface area contributed by atoms with Gasteiger partial charge in [-0.05, 0) is 65.1 Å². The SMILES string of the molecule is CN(C)c1ccc(/C(=C/C=C/C(=O)Nc2cccc3c2CCC(=O)N3)c2ccc(C(F)(F)F)cc2)cc1.Cl. The van der Waals surface area contributed by atoms with E-state index in [4.69, 9.17) is 0 Å². The molecule has 0 saturated heterocycles. The maximum absolute atomic E-state index is 13.1. The molecule has 198 valence electrons. The van der Waals surface area contributed by atoms with Crippen molar-refractivity contribution in [2.24, 2.45) is 0 Å². The monoisotopic (exact) mass is 541 g/mol. The van der Waals surface area contributed by atoms with Crippen molar-refractivity contribution in [3.63, 3.8) is 0 Å². The number of carbonyl (C=O) groups is 2. The van der Waals surface area contributed by atoms with Crippen molar-refractivity contribution in [1.82, 2.24) is 0 Å². The predicted octanol–water partition coefficient (Wildman–Crippen LogP) is 6.70. The minimum absolute atomic E-state index is 0. The summed E-state index contributed by atoms with van der Waals surface area (Å²) in [5.41, 5.74) is 4.48. The number of hydrogen-bond acceptors (Lipinski definition) is 3. The summed E-state index contributed by atoms with van der Waals surface area (Å²) in [5, 5.41) is 5.65. The van der Waals surface area contributed by atoms with E-state index >= 15 is 0 Å². The van der Waals surface area contributed by atoms with Gasteiger partial charge < -0.3 is 15.5 Å². The molecule has 5 nitrogen and oxygen atoms in total. The normalized spacial score (nSPS) is 13.4. The van der Waals surface area contributed by atoms with Crippen molar-refractivity contribution in [2.75, 3.05) is 29.6 Å². The number of benzene rings is 3. The summed E-state index contributed by atoms with van der Waals surface area (Å²) in [5.74, 6) is -0.424. The lowest BCUT2D eigenvalue weighted by molar-refractivity contribution is -0.137. The topological polar surface area (TPSA) is 61.4 Å². The first kappa shape index (κ1) is 28.5. The van der Waals surface area contributed by atoms with Gasteiger partial charge in [-0.2, -0.15) is 13.2 Å². The highest BCUT2D eigenvalue weighted by atomic mass is 35.5. The third kappa shape index (κ3) is 6.83. The van der Waals surface area contributed by atoms with Crippen molar-refractivity contribution in [2.45, 2.75) is 19.0 Å². The lowest BCUT2D eigenvalue weighted by atomic mass is 9.96. The Kier molecular flexibility index (Phi) is 9.01. The summed E-state index contributed by atoms with van der Waals surface area (Å²) in [6, 6.07) is 17.9. The number of amides is 2. The van der Waals surface area contributed by atoms with Gasteiger partial charge in [-0.15, -0.1) is 12.4 Å². The van der Waals surface area contributed by atoms with Crippen LogP contribution in [0.25, 0.3) is 5.57 Å². The molecule has 0 unspecified atom stereocenters. The summed E-state index contributed by atoms with van der Waals surface area (Å²) >= 11 is 0. The average molecular weight is 542 g/mol. The Morgan fingerprint density at radius 2 is 1.58 bits per heavy atom. The highest BCUT2D eigenvalue weighted by molar-refractivity contribution is 6.02. The van der Waals surface area contributed by atoms with Crippen LogP contribution in [0.1, 0.15) is 28.7 Å². The zero-order valence-electron chi connectivity index (χ0n) is 20.8. The molecule has 2 amide bonds. The molecule has 0 spiro atoms. The first-order valence-electron chi connectivity index (χ1n) is 11.7. The van der Waals surface area contributed by atoms with Crippen LogP contribution < -0.4 is 15.5 Å². The maximum atomic E-state index is 13.1. The van der Waals surface area contributed by atoms with E-state index in [0.717, 1.165) is 28.9 Å². The van der Waals surface area contributed by atoms with Crippen LogP contribution in [0.3, 0.4) is 0 Å². The molecule has 0 fully saturated rings. The largest absolute Gasteiger partial charge is 0.416 e. The van der Waals surface area contributed by atoms with Gasteiger partial charge in [-0.1, -0.05) is 42.5 Å². The van der Waals surface area contributed by atoms with Gasteiger partial charge in [-0.3, -0.25) is 9.59 Å². The number of carbonyl (C=O) groups excluding carboxylic acids is 2. The highest BCUT2D eigenvalue weighted by Gasteiger charge is 2.30. The molecule has 2 N–H and O–H groups in total. The molecular weight excluding hydrogens is 515 g/mol. The van der Waals surface area contributed by atoms with Crippen molar-refractivity contribution in [1.29, 1.82) is 0 Å². The molecule has 4 rings (SSSR count). The Labute approximate surface area is 225 Å². The maximum Gasteiger partial charge on any atom is 0.416 e. The molecule has 0 radical (unpaired) electrons. The third-order valence-corrected chi connectivity index (χ3v) is 6.04. The molecule has 3 aromatic rings. The second-order valence-corrected chi connectivity index (χ2v) is 8.82. The molecule has 1 aliphatic rings. The summed E-state index contributed by atoms with van der Waals surface area (Å²) in [4.78, 5) is 26.2. The van der Waals surface area contributed by atoms with Gasteiger partial charge >= 0.3 is 6.18 Å². The molecule has 0 atom stereocenters. The smallest absolute Gasteiger partial charge is 0.378 e. The quantitative estimate of drug-likeness (QED) is 0.269. The fourth-order valence-electron chi connectivity index (χ4n) is 4.08.